The number of hydrogen-bond donors (Lipinski definition) is 1. The fraction of sp³-hybridized carbons (Fsp3) is 0.375. The van der Waals surface area contributed by atoms with Gasteiger partial charge in [-0.3, -0.25) is 4.68 Å². The van der Waals surface area contributed by atoms with Gasteiger partial charge in [0.2, 0.25) is 0 Å². The molecule has 0 amide bonds. The maximum Gasteiger partial charge on any atom is 0.435 e. The van der Waals surface area contributed by atoms with Crippen LogP contribution in [0.3, 0.4) is 0 Å². The molecule has 0 saturated carbocycles. The normalized spacial score (nSPS) is 12.6. The van der Waals surface area contributed by atoms with Gasteiger partial charge in [-0.05, 0) is 0 Å². The van der Waals surface area contributed by atoms with Gasteiger partial charge in [-0.15, -0.1) is 0 Å². The van der Waals surface area contributed by atoms with Gasteiger partial charge in [-0.1, -0.05) is 12.2 Å². The Morgan fingerprint density at radius 2 is 2.21 bits per heavy atom. The van der Waals surface area contributed by atoms with E-state index in [9.17, 15) is 13.2 Å². The zero-order valence-corrected chi connectivity index (χ0v) is 7.41. The van der Waals surface area contributed by atoms with Gasteiger partial charge in [0.25, 0.3) is 0 Å². The molecule has 0 aliphatic carbocycles. The number of aliphatic hydroxyl groups is 1. The minimum absolute atomic E-state index is 0.0472. The number of aryl methyl sites for hydroxylation is 1. The van der Waals surface area contributed by atoms with Gasteiger partial charge in [-0.2, -0.15) is 18.3 Å². The number of aromatic nitrogens is 2. The van der Waals surface area contributed by atoms with E-state index in [0.717, 1.165) is 4.68 Å². The van der Waals surface area contributed by atoms with E-state index in [1.54, 1.807) is 0 Å². The lowest BCUT2D eigenvalue weighted by atomic mass is 10.2. The van der Waals surface area contributed by atoms with Crippen LogP contribution in [0.5, 0.6) is 0 Å². The molecular formula is C8H9F3N2O. The molecule has 0 unspecified atom stereocenters. The van der Waals surface area contributed by atoms with E-state index in [1.807, 2.05) is 0 Å². The summed E-state index contributed by atoms with van der Waals surface area (Å²) < 4.78 is 38.0. The van der Waals surface area contributed by atoms with E-state index in [1.165, 1.54) is 25.4 Å². The smallest absolute Gasteiger partial charge is 0.392 e. The Labute approximate surface area is 78.5 Å². The number of hydrogen-bond acceptors (Lipinski definition) is 2. The van der Waals surface area contributed by atoms with E-state index >= 15 is 0 Å². The Kier molecular flexibility index (Phi) is 2.95. The molecule has 0 aromatic carbocycles. The summed E-state index contributed by atoms with van der Waals surface area (Å²) in [5, 5.41) is 11.7. The van der Waals surface area contributed by atoms with Crippen molar-refractivity contribution >= 4 is 6.08 Å². The first-order valence-corrected chi connectivity index (χ1v) is 3.83. The lowest BCUT2D eigenvalue weighted by Gasteiger charge is -2.02. The average Bonchev–Trinajstić information content (AvgIpc) is 2.42. The van der Waals surface area contributed by atoms with Gasteiger partial charge in [-0.25, -0.2) is 0 Å². The van der Waals surface area contributed by atoms with Crippen LogP contribution in [0.25, 0.3) is 6.08 Å². The quantitative estimate of drug-likeness (QED) is 0.795. The predicted molar refractivity (Wildman–Crippen MR) is 44.3 cm³/mol. The van der Waals surface area contributed by atoms with Crippen molar-refractivity contribution in [2.75, 3.05) is 6.61 Å². The van der Waals surface area contributed by atoms with Crippen LogP contribution in [0.15, 0.2) is 12.3 Å². The lowest BCUT2D eigenvalue weighted by Crippen LogP contribution is -2.08. The van der Waals surface area contributed by atoms with Crippen molar-refractivity contribution in [1.29, 1.82) is 0 Å². The van der Waals surface area contributed by atoms with Crippen molar-refractivity contribution in [3.8, 4) is 0 Å². The lowest BCUT2D eigenvalue weighted by molar-refractivity contribution is -0.141. The minimum atomic E-state index is -4.46. The topological polar surface area (TPSA) is 38.0 Å². The number of aliphatic hydroxyl groups excluding tert-OH is 1. The van der Waals surface area contributed by atoms with Crippen LogP contribution in [0.2, 0.25) is 0 Å². The Morgan fingerprint density at radius 3 is 2.71 bits per heavy atom. The van der Waals surface area contributed by atoms with E-state index in [2.05, 4.69) is 5.10 Å². The van der Waals surface area contributed by atoms with Crippen molar-refractivity contribution in [1.82, 2.24) is 9.78 Å². The second-order valence-corrected chi connectivity index (χ2v) is 2.69. The third-order valence-electron chi connectivity index (χ3n) is 1.53. The maximum atomic E-state index is 12.3. The summed E-state index contributed by atoms with van der Waals surface area (Å²) in [6.07, 6.45) is -0.798. The van der Waals surface area contributed by atoms with Crippen molar-refractivity contribution in [3.05, 3.63) is 23.5 Å². The first-order chi connectivity index (χ1) is 6.45. The first kappa shape index (κ1) is 10.8. The Bertz CT molecular complexity index is 341. The summed E-state index contributed by atoms with van der Waals surface area (Å²) >= 11 is 0. The van der Waals surface area contributed by atoms with Gasteiger partial charge >= 0.3 is 6.18 Å². The molecule has 6 heteroatoms. The van der Waals surface area contributed by atoms with Crippen LogP contribution in [-0.2, 0) is 13.2 Å². The largest absolute Gasteiger partial charge is 0.435 e. The monoisotopic (exact) mass is 206 g/mol. The fourth-order valence-electron chi connectivity index (χ4n) is 1.03. The summed E-state index contributed by atoms with van der Waals surface area (Å²) in [6.45, 7) is -0.299. The van der Waals surface area contributed by atoms with Crippen LogP contribution in [0, 0.1) is 0 Å². The molecule has 0 fully saturated rings. The van der Waals surface area contributed by atoms with Crippen molar-refractivity contribution < 1.29 is 18.3 Å². The van der Waals surface area contributed by atoms with Crippen molar-refractivity contribution in [2.45, 2.75) is 6.18 Å². The van der Waals surface area contributed by atoms with Crippen LogP contribution < -0.4 is 0 Å². The molecule has 1 aromatic heterocycles. The van der Waals surface area contributed by atoms with Crippen molar-refractivity contribution in [2.24, 2.45) is 7.05 Å². The molecule has 0 atom stereocenters. The highest BCUT2D eigenvalue weighted by Crippen LogP contribution is 2.30. The third kappa shape index (κ3) is 2.35. The van der Waals surface area contributed by atoms with E-state index in [0.29, 0.717) is 0 Å². The van der Waals surface area contributed by atoms with Crippen LogP contribution in [0.1, 0.15) is 11.3 Å². The van der Waals surface area contributed by atoms with Crippen LogP contribution in [0.4, 0.5) is 13.2 Å². The van der Waals surface area contributed by atoms with Crippen molar-refractivity contribution in [3.63, 3.8) is 0 Å². The maximum absolute atomic E-state index is 12.3. The number of nitrogens with zero attached hydrogens (tertiary/aromatic N) is 2. The van der Waals surface area contributed by atoms with Crippen LogP contribution in [-0.4, -0.2) is 21.5 Å². The van der Waals surface area contributed by atoms with E-state index in [-0.39, 0.29) is 12.2 Å². The van der Waals surface area contributed by atoms with Gasteiger partial charge in [0.1, 0.15) is 0 Å². The van der Waals surface area contributed by atoms with Gasteiger partial charge in [0, 0.05) is 18.8 Å². The second-order valence-electron chi connectivity index (χ2n) is 2.69. The second kappa shape index (κ2) is 3.83. The molecule has 0 aliphatic rings. The minimum Gasteiger partial charge on any atom is -0.392 e. The number of rotatable bonds is 2. The molecule has 78 valence electrons. The average molecular weight is 206 g/mol. The zero-order valence-electron chi connectivity index (χ0n) is 7.41. The van der Waals surface area contributed by atoms with Gasteiger partial charge < -0.3 is 5.11 Å². The summed E-state index contributed by atoms with van der Waals surface area (Å²) in [4.78, 5) is 0. The predicted octanol–water partition coefficient (Wildman–Crippen LogP) is 1.44. The van der Waals surface area contributed by atoms with E-state index < -0.39 is 11.9 Å². The molecule has 0 radical (unpaired) electrons. The highest BCUT2D eigenvalue weighted by atomic mass is 19.4. The third-order valence-corrected chi connectivity index (χ3v) is 1.53. The molecule has 3 nitrogen and oxygen atoms in total. The molecule has 0 bridgehead atoms. The summed E-state index contributed by atoms with van der Waals surface area (Å²) in [5.74, 6) is 0. The molecule has 1 rings (SSSR count). The molecule has 1 aromatic rings. The SMILES string of the molecule is Cn1cc(/C=C/CO)c(C(F)(F)F)n1. The molecule has 0 spiro atoms. The number of halogens is 3. The summed E-state index contributed by atoms with van der Waals surface area (Å²) in [5.41, 5.74) is -0.987. The summed E-state index contributed by atoms with van der Waals surface area (Å²) in [6, 6.07) is 0. The Morgan fingerprint density at radius 1 is 1.57 bits per heavy atom. The fourth-order valence-corrected chi connectivity index (χ4v) is 1.03. The molecule has 0 saturated heterocycles. The molecule has 0 aliphatic heterocycles. The Balaban J connectivity index is 3.09. The van der Waals surface area contributed by atoms with Gasteiger partial charge in [0.05, 0.1) is 6.61 Å². The van der Waals surface area contributed by atoms with E-state index in [4.69, 9.17) is 5.11 Å². The molecule has 14 heavy (non-hydrogen) atoms. The Hall–Kier alpha value is -1.30. The standard InChI is InChI=1S/C8H9F3N2O/c1-13-5-6(3-2-4-14)7(12-13)8(9,10)11/h2-3,5,14H,4H2,1H3/b3-2+. The van der Waals surface area contributed by atoms with Crippen LogP contribution >= 0.6 is 0 Å². The summed E-state index contributed by atoms with van der Waals surface area (Å²) in [7, 11) is 1.41. The molecule has 1 N–H and O–H groups in total. The molecular weight excluding hydrogens is 197 g/mol. The highest BCUT2D eigenvalue weighted by molar-refractivity contribution is 5.51. The highest BCUT2D eigenvalue weighted by Gasteiger charge is 2.36. The zero-order chi connectivity index (χ0) is 10.8. The molecule has 1 heterocycles. The number of alkyl halides is 3. The van der Waals surface area contributed by atoms with Gasteiger partial charge in [0.15, 0.2) is 5.69 Å². The first-order valence-electron chi connectivity index (χ1n) is 3.83.